The summed E-state index contributed by atoms with van der Waals surface area (Å²) in [7, 11) is 0. The van der Waals surface area contributed by atoms with Crippen LogP contribution in [-0.4, -0.2) is 11.6 Å². The Kier molecular flexibility index (Phi) is 2.51. The van der Waals surface area contributed by atoms with Crippen molar-refractivity contribution in [3.63, 3.8) is 0 Å². The molecule has 1 heterocycles. The number of ether oxygens (including phenoxy) is 1. The van der Waals surface area contributed by atoms with Crippen molar-refractivity contribution in [1.82, 2.24) is 0 Å². The summed E-state index contributed by atoms with van der Waals surface area (Å²) in [5.41, 5.74) is -0.206. The number of carbonyl (C=O) groups excluding carboxylic acids is 1. The van der Waals surface area contributed by atoms with Gasteiger partial charge in [0.25, 0.3) is 0 Å². The van der Waals surface area contributed by atoms with Crippen molar-refractivity contribution >= 4 is 5.97 Å². The molecule has 2 heteroatoms. The van der Waals surface area contributed by atoms with Crippen molar-refractivity contribution in [2.45, 2.75) is 46.1 Å². The van der Waals surface area contributed by atoms with Crippen molar-refractivity contribution in [1.29, 1.82) is 0 Å². The molecule has 0 bridgehead atoms. The average Bonchev–Trinajstić information content (AvgIpc) is 2.27. The maximum absolute atomic E-state index is 10.9. The zero-order valence-corrected chi connectivity index (χ0v) is 8.89. The Hall–Kier alpha value is -0.790. The molecule has 0 N–H and O–H groups in total. The molecule has 1 saturated heterocycles. The van der Waals surface area contributed by atoms with Crippen LogP contribution in [0.5, 0.6) is 0 Å². The maximum Gasteiger partial charge on any atom is 0.306 e. The van der Waals surface area contributed by atoms with Crippen molar-refractivity contribution < 1.29 is 9.53 Å². The fraction of sp³-hybridized carbons (Fsp3) is 0.727. The van der Waals surface area contributed by atoms with Gasteiger partial charge in [-0.3, -0.25) is 4.79 Å². The molecule has 2 nitrogen and oxygen atoms in total. The molecule has 0 radical (unpaired) electrons. The molecule has 13 heavy (non-hydrogen) atoms. The first-order valence-corrected chi connectivity index (χ1v) is 4.73. The van der Waals surface area contributed by atoms with E-state index in [0.717, 1.165) is 6.42 Å². The predicted octanol–water partition coefficient (Wildman–Crippen LogP) is 2.68. The molecule has 0 amide bonds. The molecule has 1 fully saturated rings. The number of cyclic esters (lactones) is 1. The summed E-state index contributed by atoms with van der Waals surface area (Å²) in [6, 6.07) is 0. The first-order chi connectivity index (χ1) is 5.81. The van der Waals surface area contributed by atoms with E-state index in [0.29, 0.717) is 6.42 Å². The fourth-order valence-electron chi connectivity index (χ4n) is 1.26. The van der Waals surface area contributed by atoms with Gasteiger partial charge in [-0.05, 0) is 18.4 Å². The molecule has 0 aromatic carbocycles. The molecule has 0 spiro atoms. The van der Waals surface area contributed by atoms with Crippen LogP contribution in [0.3, 0.4) is 0 Å². The molecule has 74 valence electrons. The molecular formula is C11H18O2. The topological polar surface area (TPSA) is 26.3 Å². The van der Waals surface area contributed by atoms with Crippen LogP contribution in [-0.2, 0) is 9.53 Å². The summed E-state index contributed by atoms with van der Waals surface area (Å²) in [5, 5.41) is 0. The molecule has 0 aliphatic carbocycles. The highest BCUT2D eigenvalue weighted by Gasteiger charge is 2.33. The molecular weight excluding hydrogens is 164 g/mol. The molecule has 0 saturated carbocycles. The fourth-order valence-corrected chi connectivity index (χ4v) is 1.26. The van der Waals surface area contributed by atoms with E-state index < -0.39 is 0 Å². The minimum atomic E-state index is -0.357. The summed E-state index contributed by atoms with van der Waals surface area (Å²) in [4.78, 5) is 10.9. The summed E-state index contributed by atoms with van der Waals surface area (Å²) in [6.07, 6.45) is 5.47. The number of hydrogen-bond acceptors (Lipinski definition) is 2. The monoisotopic (exact) mass is 182 g/mol. The quantitative estimate of drug-likeness (QED) is 0.460. The van der Waals surface area contributed by atoms with E-state index in [1.165, 1.54) is 0 Å². The third-order valence-corrected chi connectivity index (χ3v) is 2.11. The van der Waals surface area contributed by atoms with Crippen LogP contribution >= 0.6 is 0 Å². The van der Waals surface area contributed by atoms with Crippen LogP contribution in [0.2, 0.25) is 0 Å². The van der Waals surface area contributed by atoms with E-state index in [1.54, 1.807) is 0 Å². The van der Waals surface area contributed by atoms with Gasteiger partial charge in [0.15, 0.2) is 0 Å². The predicted molar refractivity (Wildman–Crippen MR) is 52.3 cm³/mol. The van der Waals surface area contributed by atoms with E-state index >= 15 is 0 Å². The van der Waals surface area contributed by atoms with Crippen molar-refractivity contribution in [3.05, 3.63) is 12.2 Å². The second-order valence-electron chi connectivity index (χ2n) is 4.99. The number of hydrogen-bond donors (Lipinski definition) is 0. The van der Waals surface area contributed by atoms with Gasteiger partial charge in [-0.25, -0.2) is 0 Å². The summed E-state index contributed by atoms with van der Waals surface area (Å²) in [5.74, 6) is -0.0824. The molecule has 1 atom stereocenters. The minimum absolute atomic E-state index is 0.0824. The lowest BCUT2D eigenvalue weighted by Crippen LogP contribution is -2.21. The van der Waals surface area contributed by atoms with Gasteiger partial charge in [0.05, 0.1) is 0 Å². The van der Waals surface area contributed by atoms with Crippen LogP contribution in [0.1, 0.15) is 40.5 Å². The second-order valence-corrected chi connectivity index (χ2v) is 4.99. The molecule has 1 aliphatic rings. The minimum Gasteiger partial charge on any atom is -0.455 e. The van der Waals surface area contributed by atoms with E-state index in [2.05, 4.69) is 26.8 Å². The molecule has 0 aromatic heterocycles. The average molecular weight is 182 g/mol. The van der Waals surface area contributed by atoms with Gasteiger partial charge in [0.1, 0.15) is 5.60 Å². The number of allylic oxidation sites excluding steroid dienone is 1. The Labute approximate surface area is 80.0 Å². The Morgan fingerprint density at radius 3 is 2.46 bits per heavy atom. The summed E-state index contributed by atoms with van der Waals surface area (Å²) >= 11 is 0. The van der Waals surface area contributed by atoms with Crippen LogP contribution < -0.4 is 0 Å². The molecule has 1 aliphatic heterocycles. The van der Waals surface area contributed by atoms with E-state index in [9.17, 15) is 4.79 Å². The summed E-state index contributed by atoms with van der Waals surface area (Å²) in [6.45, 7) is 8.34. The number of esters is 1. The zero-order valence-electron chi connectivity index (χ0n) is 8.89. The molecule has 0 aromatic rings. The van der Waals surface area contributed by atoms with E-state index in [4.69, 9.17) is 4.74 Å². The zero-order chi connectivity index (χ0) is 10.1. The number of carbonyl (C=O) groups is 1. The van der Waals surface area contributed by atoms with Gasteiger partial charge in [0, 0.05) is 12.8 Å². The van der Waals surface area contributed by atoms with Crippen molar-refractivity contribution in [2.75, 3.05) is 0 Å². The van der Waals surface area contributed by atoms with Gasteiger partial charge < -0.3 is 4.74 Å². The Morgan fingerprint density at radius 2 is 2.08 bits per heavy atom. The SMILES string of the molecule is CC(C)(C)C=CC1(C)CCC(=O)O1. The standard InChI is InChI=1S/C11H18O2/c1-10(2,3)7-8-11(4)6-5-9(12)13-11/h7-8H,5-6H2,1-4H3. The van der Waals surface area contributed by atoms with Crippen molar-refractivity contribution in [2.24, 2.45) is 5.41 Å². The molecule has 1 rings (SSSR count). The largest absolute Gasteiger partial charge is 0.455 e. The first kappa shape index (κ1) is 10.3. The smallest absolute Gasteiger partial charge is 0.306 e. The van der Waals surface area contributed by atoms with Gasteiger partial charge in [0.2, 0.25) is 0 Å². The third-order valence-electron chi connectivity index (χ3n) is 2.11. The summed E-state index contributed by atoms with van der Waals surface area (Å²) < 4.78 is 5.22. The first-order valence-electron chi connectivity index (χ1n) is 4.73. The van der Waals surface area contributed by atoms with Gasteiger partial charge >= 0.3 is 5.97 Å². The van der Waals surface area contributed by atoms with E-state index in [-0.39, 0.29) is 17.0 Å². The lowest BCUT2D eigenvalue weighted by atomic mass is 9.92. The molecule has 1 unspecified atom stereocenters. The lowest BCUT2D eigenvalue weighted by Gasteiger charge is -2.20. The van der Waals surface area contributed by atoms with Crippen molar-refractivity contribution in [3.8, 4) is 0 Å². The highest BCUT2D eigenvalue weighted by molar-refractivity contribution is 5.72. The number of rotatable bonds is 1. The third kappa shape index (κ3) is 3.21. The van der Waals surface area contributed by atoms with Crippen LogP contribution in [0, 0.1) is 5.41 Å². The lowest BCUT2D eigenvalue weighted by molar-refractivity contribution is -0.144. The van der Waals surface area contributed by atoms with Gasteiger partial charge in [-0.2, -0.15) is 0 Å². The van der Waals surface area contributed by atoms with Gasteiger partial charge in [-0.1, -0.05) is 26.8 Å². The van der Waals surface area contributed by atoms with Crippen LogP contribution in [0.25, 0.3) is 0 Å². The van der Waals surface area contributed by atoms with Crippen LogP contribution in [0.4, 0.5) is 0 Å². The Bertz CT molecular complexity index is 235. The second kappa shape index (κ2) is 3.17. The Morgan fingerprint density at radius 1 is 1.46 bits per heavy atom. The van der Waals surface area contributed by atoms with E-state index in [1.807, 2.05) is 13.0 Å². The normalized spacial score (nSPS) is 29.7. The van der Waals surface area contributed by atoms with Gasteiger partial charge in [-0.15, -0.1) is 0 Å². The highest BCUT2D eigenvalue weighted by atomic mass is 16.6. The van der Waals surface area contributed by atoms with Crippen LogP contribution in [0.15, 0.2) is 12.2 Å². The maximum atomic E-state index is 10.9. The highest BCUT2D eigenvalue weighted by Crippen LogP contribution is 2.29. The Balaban J connectivity index is 2.63.